The van der Waals surface area contributed by atoms with Crippen LogP contribution < -0.4 is 0 Å². The number of fused-ring (bicyclic) bond motifs is 7. The molecule has 0 aromatic heterocycles. The van der Waals surface area contributed by atoms with Crippen LogP contribution in [0, 0.1) is 44.8 Å². The highest BCUT2D eigenvalue weighted by Gasteiger charge is 2.70. The molecule has 28 unspecified atom stereocenters. The number of allylic oxidation sites excluding steroid dienone is 3. The summed E-state index contributed by atoms with van der Waals surface area (Å²) in [5.74, 6) is -0.515. The van der Waals surface area contributed by atoms with Crippen molar-refractivity contribution in [2.24, 2.45) is 44.8 Å². The van der Waals surface area contributed by atoms with Crippen molar-refractivity contribution < 1.29 is 109 Å². The summed E-state index contributed by atoms with van der Waals surface area (Å²) in [4.78, 5) is 14.9. The molecule has 9 rings (SSSR count). The van der Waals surface area contributed by atoms with E-state index in [1.807, 2.05) is 0 Å². The van der Waals surface area contributed by atoms with Gasteiger partial charge in [-0.25, -0.2) is 0 Å². The van der Waals surface area contributed by atoms with Gasteiger partial charge in [-0.05, 0) is 98.2 Å². The monoisotopic (exact) mass is 1060 g/mol. The van der Waals surface area contributed by atoms with E-state index < -0.39 is 166 Å². The maximum atomic E-state index is 14.9. The van der Waals surface area contributed by atoms with Crippen molar-refractivity contribution in [2.45, 2.75) is 228 Å². The lowest BCUT2D eigenvalue weighted by atomic mass is 9.33. The van der Waals surface area contributed by atoms with Crippen LogP contribution in [0.2, 0.25) is 0 Å². The molecule has 0 spiro atoms. The lowest BCUT2D eigenvalue weighted by molar-refractivity contribution is -0.375. The Labute approximate surface area is 430 Å². The van der Waals surface area contributed by atoms with Crippen LogP contribution in [-0.2, 0) is 42.7 Å². The first-order valence-corrected chi connectivity index (χ1v) is 26.5. The van der Waals surface area contributed by atoms with Crippen molar-refractivity contribution in [3.8, 4) is 0 Å². The van der Waals surface area contributed by atoms with Gasteiger partial charge in [-0.15, -0.1) is 0 Å². The number of aliphatic hydroxyl groups is 13. The molecule has 74 heavy (non-hydrogen) atoms. The fraction of sp³-hybridized carbons (Fsp3) is 0.904. The minimum atomic E-state index is -1.94. The first-order chi connectivity index (χ1) is 34.7. The highest BCUT2D eigenvalue weighted by molar-refractivity contribution is 5.79. The number of ether oxygens (including phenoxy) is 8. The minimum absolute atomic E-state index is 0.199. The topological polar surface area (TPSA) is 354 Å². The van der Waals surface area contributed by atoms with Gasteiger partial charge >= 0.3 is 5.97 Å². The Morgan fingerprint density at radius 1 is 0.689 bits per heavy atom. The Balaban J connectivity index is 0.862. The third kappa shape index (κ3) is 9.09. The lowest BCUT2D eigenvalue weighted by Crippen LogP contribution is -2.67. The summed E-state index contributed by atoms with van der Waals surface area (Å²) >= 11 is 0. The van der Waals surface area contributed by atoms with Crippen LogP contribution >= 0.6 is 0 Å². The van der Waals surface area contributed by atoms with Crippen molar-refractivity contribution in [3.05, 3.63) is 23.8 Å². The van der Waals surface area contributed by atoms with E-state index in [0.29, 0.717) is 38.5 Å². The number of aliphatic hydroxyl groups excluding tert-OH is 13. The summed E-state index contributed by atoms with van der Waals surface area (Å²) in [6.45, 7) is 15.0. The average Bonchev–Trinajstić information content (AvgIpc) is 3.35. The summed E-state index contributed by atoms with van der Waals surface area (Å²) < 4.78 is 46.1. The Morgan fingerprint density at radius 2 is 1.35 bits per heavy atom. The second kappa shape index (κ2) is 20.7. The molecular formula is C52H82O22. The van der Waals surface area contributed by atoms with Gasteiger partial charge in [0.05, 0.1) is 43.5 Å². The summed E-state index contributed by atoms with van der Waals surface area (Å²) in [5.41, 5.74) is -0.120. The Morgan fingerprint density at radius 3 is 2.05 bits per heavy atom. The molecule has 13 N–H and O–H groups in total. The molecule has 0 amide bonds. The van der Waals surface area contributed by atoms with E-state index in [1.54, 1.807) is 0 Å². The molecule has 4 saturated heterocycles. The van der Waals surface area contributed by atoms with Gasteiger partial charge in [-0.1, -0.05) is 58.4 Å². The van der Waals surface area contributed by atoms with E-state index in [4.69, 9.17) is 37.9 Å². The van der Waals surface area contributed by atoms with Gasteiger partial charge in [0, 0.05) is 5.92 Å². The first-order valence-electron chi connectivity index (χ1n) is 26.5. The standard InChI is InChI=1S/C52H82O22/c1-21-10-13-52(15-14-50(6)23(24(52)16-21)8-9-30-49(5)17-25(54)42(65)48(3,4)29(49)11-12-51(30,50)7)47(66)74-45-37(62)34(59)33(58)28(71-45)20-68-43-38(63)35(60)40(27(18-53)70-43)72-46-39(64)41(31(56)22(2)69-46)73-44-36(61)32(57)26(55)19-67-44/h8,22,24-46,53-65H,1,9-20H2,2-7H3. The van der Waals surface area contributed by atoms with Gasteiger partial charge in [-0.3, -0.25) is 4.79 Å². The quantitative estimate of drug-likeness (QED) is 0.0842. The predicted molar refractivity (Wildman–Crippen MR) is 252 cm³/mol. The molecule has 22 heteroatoms. The van der Waals surface area contributed by atoms with Crippen molar-refractivity contribution in [1.29, 1.82) is 0 Å². The molecule has 9 aliphatic rings. The zero-order chi connectivity index (χ0) is 53.9. The van der Waals surface area contributed by atoms with Gasteiger partial charge in [0.15, 0.2) is 18.9 Å². The van der Waals surface area contributed by atoms with Crippen LogP contribution in [0.25, 0.3) is 0 Å². The number of hydrogen-bond acceptors (Lipinski definition) is 22. The van der Waals surface area contributed by atoms with Crippen LogP contribution in [0.5, 0.6) is 0 Å². The number of carbonyl (C=O) groups excluding carboxylic acids is 1. The molecule has 8 fully saturated rings. The Bertz CT molecular complexity index is 2080. The molecule has 422 valence electrons. The molecular weight excluding hydrogens is 977 g/mol. The molecule has 28 atom stereocenters. The third-order valence-electron chi connectivity index (χ3n) is 20.4. The van der Waals surface area contributed by atoms with E-state index in [9.17, 15) is 71.2 Å². The molecule has 5 aliphatic carbocycles. The van der Waals surface area contributed by atoms with E-state index in [-0.39, 0.29) is 34.0 Å². The van der Waals surface area contributed by atoms with Crippen LogP contribution in [0.1, 0.15) is 99.3 Å². The molecule has 0 aromatic rings. The SMILES string of the molecule is C=C1CCC2(C(=O)OC3OC(COC4OC(CO)C(OC5OC(C)C(O)C(OC6OCC(O)C(O)C6O)C5O)C(O)C4O)C(O)C(O)C3O)CCC3(C)C(=CCC4C5(C)CC(O)C(O)C(C)(C)C5CCC43C)C2C1. The van der Waals surface area contributed by atoms with Crippen LogP contribution in [0.3, 0.4) is 0 Å². The van der Waals surface area contributed by atoms with Crippen LogP contribution in [0.15, 0.2) is 23.8 Å². The fourth-order valence-electron chi connectivity index (χ4n) is 15.7. The Kier molecular flexibility index (Phi) is 15.9. The van der Waals surface area contributed by atoms with Crippen molar-refractivity contribution >= 4 is 5.97 Å². The normalized spacial score (nSPS) is 54.4. The predicted octanol–water partition coefficient (Wildman–Crippen LogP) is -1.87. The molecule has 0 bridgehead atoms. The maximum absolute atomic E-state index is 14.9. The fourth-order valence-corrected chi connectivity index (χ4v) is 15.7. The minimum Gasteiger partial charge on any atom is -0.432 e. The van der Waals surface area contributed by atoms with E-state index >= 15 is 0 Å². The largest absolute Gasteiger partial charge is 0.432 e. The van der Waals surface area contributed by atoms with E-state index in [1.165, 1.54) is 12.5 Å². The van der Waals surface area contributed by atoms with Crippen molar-refractivity contribution in [1.82, 2.24) is 0 Å². The number of rotatable bonds is 10. The Hall–Kier alpha value is -1.85. The van der Waals surface area contributed by atoms with Crippen molar-refractivity contribution in [2.75, 3.05) is 19.8 Å². The van der Waals surface area contributed by atoms with E-state index in [0.717, 1.165) is 24.8 Å². The van der Waals surface area contributed by atoms with Gasteiger partial charge < -0.3 is 104 Å². The number of esters is 1. The lowest BCUT2D eigenvalue weighted by Gasteiger charge is -2.71. The second-order valence-electron chi connectivity index (χ2n) is 24.6. The van der Waals surface area contributed by atoms with Crippen molar-refractivity contribution in [3.63, 3.8) is 0 Å². The summed E-state index contributed by atoms with van der Waals surface area (Å²) in [6.07, 6.45) is -25.4. The van der Waals surface area contributed by atoms with Crippen LogP contribution in [-0.4, -0.2) is 221 Å². The number of carbonyl (C=O) groups is 1. The van der Waals surface area contributed by atoms with Gasteiger partial charge in [-0.2, -0.15) is 0 Å². The van der Waals surface area contributed by atoms with Gasteiger partial charge in [0.2, 0.25) is 6.29 Å². The smallest absolute Gasteiger partial charge is 0.315 e. The summed E-state index contributed by atoms with van der Waals surface area (Å²) in [6, 6.07) is 0. The molecule has 0 aromatic carbocycles. The molecule has 4 heterocycles. The highest BCUT2D eigenvalue weighted by atomic mass is 16.8. The van der Waals surface area contributed by atoms with Gasteiger partial charge in [0.25, 0.3) is 0 Å². The second-order valence-corrected chi connectivity index (χ2v) is 24.6. The maximum Gasteiger partial charge on any atom is 0.315 e. The zero-order valence-corrected chi connectivity index (χ0v) is 43.1. The average molecular weight is 1060 g/mol. The molecule has 4 saturated carbocycles. The molecule has 4 aliphatic heterocycles. The molecule has 0 radical (unpaired) electrons. The zero-order valence-electron chi connectivity index (χ0n) is 43.1. The third-order valence-corrected chi connectivity index (χ3v) is 20.4. The summed E-state index contributed by atoms with van der Waals surface area (Å²) in [7, 11) is 0. The highest BCUT2D eigenvalue weighted by Crippen LogP contribution is 2.75. The first kappa shape index (κ1) is 56.9. The van der Waals surface area contributed by atoms with Gasteiger partial charge in [0.1, 0.15) is 85.5 Å². The summed E-state index contributed by atoms with van der Waals surface area (Å²) in [5, 5.41) is 141. The molecule has 22 nitrogen and oxygen atoms in total. The van der Waals surface area contributed by atoms with E-state index in [2.05, 4.69) is 47.3 Å². The van der Waals surface area contributed by atoms with Crippen LogP contribution in [0.4, 0.5) is 0 Å². The number of hydrogen-bond donors (Lipinski definition) is 13.